The topological polar surface area (TPSA) is 66.1 Å². The predicted molar refractivity (Wildman–Crippen MR) is 120 cm³/mol. The van der Waals surface area contributed by atoms with Gasteiger partial charge in [0, 0.05) is 51.0 Å². The van der Waals surface area contributed by atoms with E-state index in [-0.39, 0.29) is 0 Å². The van der Waals surface area contributed by atoms with Crippen molar-refractivity contribution in [3.05, 3.63) is 60.2 Å². The second kappa shape index (κ2) is 11.4. The molecule has 2 aromatic carbocycles. The Morgan fingerprint density at radius 3 is 2.52 bits per heavy atom. The van der Waals surface area contributed by atoms with E-state index in [1.54, 1.807) is 7.11 Å². The number of aliphatic imine (C=N–C) groups is 1. The molecule has 0 aliphatic carbocycles. The molecule has 1 aliphatic heterocycles. The number of anilines is 1. The molecule has 0 aromatic heterocycles. The van der Waals surface area contributed by atoms with Crippen LogP contribution in [0.4, 0.5) is 5.69 Å². The molecule has 29 heavy (non-hydrogen) atoms. The van der Waals surface area contributed by atoms with Crippen molar-refractivity contribution in [1.29, 1.82) is 0 Å². The molecule has 6 nitrogen and oxygen atoms in total. The van der Waals surface area contributed by atoms with Crippen LogP contribution < -0.4 is 15.8 Å². The summed E-state index contributed by atoms with van der Waals surface area (Å²) in [6.45, 7) is 7.53. The Morgan fingerprint density at radius 1 is 1.00 bits per heavy atom. The van der Waals surface area contributed by atoms with Gasteiger partial charge in [0.2, 0.25) is 0 Å². The molecule has 1 saturated heterocycles. The number of unbranched alkanes of at least 4 members (excludes halogenated alkanes) is 1. The van der Waals surface area contributed by atoms with Gasteiger partial charge < -0.3 is 20.7 Å². The summed E-state index contributed by atoms with van der Waals surface area (Å²) in [7, 11) is 1.65. The van der Waals surface area contributed by atoms with Crippen LogP contribution in [0.2, 0.25) is 0 Å². The summed E-state index contributed by atoms with van der Waals surface area (Å²) < 4.78 is 5.22. The van der Waals surface area contributed by atoms with E-state index in [0.29, 0.717) is 5.96 Å². The highest BCUT2D eigenvalue weighted by molar-refractivity contribution is 5.92. The maximum absolute atomic E-state index is 5.98. The van der Waals surface area contributed by atoms with Gasteiger partial charge in [0.05, 0.1) is 7.11 Å². The van der Waals surface area contributed by atoms with Gasteiger partial charge in [-0.05, 0) is 37.1 Å². The molecule has 3 N–H and O–H groups in total. The fourth-order valence-corrected chi connectivity index (χ4v) is 3.55. The van der Waals surface area contributed by atoms with Gasteiger partial charge >= 0.3 is 0 Å². The Hall–Kier alpha value is -2.57. The second-order valence-corrected chi connectivity index (χ2v) is 7.43. The fourth-order valence-electron chi connectivity index (χ4n) is 3.55. The maximum Gasteiger partial charge on any atom is 0.193 e. The smallest absolute Gasteiger partial charge is 0.193 e. The number of hydrogen-bond acceptors (Lipinski definition) is 4. The van der Waals surface area contributed by atoms with Gasteiger partial charge in [-0.3, -0.25) is 9.89 Å². The zero-order valence-corrected chi connectivity index (χ0v) is 17.4. The standard InChI is InChI=1S/C23H33N5O/c1-29-22-11-7-10-21(18-22)26-23(24)25-12-5-6-13-27-14-16-28(17-15-27)19-20-8-3-2-4-9-20/h2-4,7-11,18H,5-6,12-17,19H2,1H3,(H3,24,25,26). The van der Waals surface area contributed by atoms with E-state index in [4.69, 9.17) is 10.5 Å². The van der Waals surface area contributed by atoms with E-state index in [0.717, 1.165) is 70.1 Å². The second-order valence-electron chi connectivity index (χ2n) is 7.43. The molecule has 1 aliphatic rings. The number of hydrogen-bond donors (Lipinski definition) is 2. The molecule has 1 heterocycles. The maximum atomic E-state index is 5.98. The molecule has 0 radical (unpaired) electrons. The van der Waals surface area contributed by atoms with Gasteiger partial charge in [-0.2, -0.15) is 0 Å². The van der Waals surface area contributed by atoms with Gasteiger partial charge in [-0.25, -0.2) is 0 Å². The van der Waals surface area contributed by atoms with Gasteiger partial charge in [0.25, 0.3) is 0 Å². The van der Waals surface area contributed by atoms with Crippen molar-refractivity contribution < 1.29 is 4.74 Å². The number of nitrogens with one attached hydrogen (secondary N) is 1. The number of rotatable bonds is 9. The Bertz CT molecular complexity index is 757. The third-order valence-electron chi connectivity index (χ3n) is 5.22. The Balaban J connectivity index is 1.28. The van der Waals surface area contributed by atoms with Crippen molar-refractivity contribution in [2.24, 2.45) is 10.7 Å². The largest absolute Gasteiger partial charge is 0.497 e. The van der Waals surface area contributed by atoms with E-state index in [2.05, 4.69) is 50.4 Å². The van der Waals surface area contributed by atoms with Crippen LogP contribution in [0, 0.1) is 0 Å². The highest BCUT2D eigenvalue weighted by Crippen LogP contribution is 2.16. The average Bonchev–Trinajstić information content (AvgIpc) is 2.75. The van der Waals surface area contributed by atoms with E-state index in [9.17, 15) is 0 Å². The van der Waals surface area contributed by atoms with Crippen LogP contribution in [-0.2, 0) is 6.54 Å². The minimum Gasteiger partial charge on any atom is -0.497 e. The van der Waals surface area contributed by atoms with E-state index in [1.807, 2.05) is 24.3 Å². The van der Waals surface area contributed by atoms with Gasteiger partial charge in [0.1, 0.15) is 5.75 Å². The first-order valence-corrected chi connectivity index (χ1v) is 10.4. The van der Waals surface area contributed by atoms with Crippen molar-refractivity contribution in [3.63, 3.8) is 0 Å². The minimum absolute atomic E-state index is 0.452. The quantitative estimate of drug-likeness (QED) is 0.388. The van der Waals surface area contributed by atoms with E-state index >= 15 is 0 Å². The third-order valence-corrected chi connectivity index (χ3v) is 5.22. The SMILES string of the molecule is COc1cccc(NC(N)=NCCCCN2CCN(Cc3ccccc3)CC2)c1. The summed E-state index contributed by atoms with van der Waals surface area (Å²) in [5, 5.41) is 3.11. The van der Waals surface area contributed by atoms with Crippen molar-refractivity contribution in [2.45, 2.75) is 19.4 Å². The monoisotopic (exact) mass is 395 g/mol. The normalized spacial score (nSPS) is 16.0. The van der Waals surface area contributed by atoms with Crippen LogP contribution in [0.25, 0.3) is 0 Å². The number of nitrogens with two attached hydrogens (primary N) is 1. The first-order valence-electron chi connectivity index (χ1n) is 10.4. The number of ether oxygens (including phenoxy) is 1. The van der Waals surface area contributed by atoms with Gasteiger partial charge in [0.15, 0.2) is 5.96 Å². The van der Waals surface area contributed by atoms with Crippen molar-refractivity contribution in [1.82, 2.24) is 9.80 Å². The van der Waals surface area contributed by atoms with Crippen LogP contribution >= 0.6 is 0 Å². The van der Waals surface area contributed by atoms with Crippen LogP contribution in [-0.4, -0.2) is 62.1 Å². The first kappa shape index (κ1) is 21.1. The van der Waals surface area contributed by atoms with Crippen molar-refractivity contribution >= 4 is 11.6 Å². The molecule has 0 amide bonds. The minimum atomic E-state index is 0.452. The molecule has 1 fully saturated rings. The zero-order chi connectivity index (χ0) is 20.3. The molecule has 0 unspecified atom stereocenters. The molecule has 3 rings (SSSR count). The predicted octanol–water partition coefficient (Wildman–Crippen LogP) is 3.02. The Kier molecular flexibility index (Phi) is 8.34. The number of benzene rings is 2. The van der Waals surface area contributed by atoms with Crippen LogP contribution in [0.5, 0.6) is 5.75 Å². The lowest BCUT2D eigenvalue weighted by Gasteiger charge is -2.34. The first-order chi connectivity index (χ1) is 14.2. The molecule has 0 atom stereocenters. The van der Waals surface area contributed by atoms with Crippen molar-refractivity contribution in [3.8, 4) is 5.75 Å². The van der Waals surface area contributed by atoms with Crippen molar-refractivity contribution in [2.75, 3.05) is 51.7 Å². The summed E-state index contributed by atoms with van der Waals surface area (Å²) in [6.07, 6.45) is 2.19. The molecule has 0 bridgehead atoms. The summed E-state index contributed by atoms with van der Waals surface area (Å²) in [4.78, 5) is 9.53. The third kappa shape index (κ3) is 7.40. The van der Waals surface area contributed by atoms with E-state index < -0.39 is 0 Å². The highest BCUT2D eigenvalue weighted by atomic mass is 16.5. The van der Waals surface area contributed by atoms with Gasteiger partial charge in [-0.1, -0.05) is 36.4 Å². The van der Waals surface area contributed by atoms with Crippen LogP contribution in [0.3, 0.4) is 0 Å². The average molecular weight is 396 g/mol. The molecular weight excluding hydrogens is 362 g/mol. The molecule has 156 valence electrons. The van der Waals surface area contributed by atoms with Crippen LogP contribution in [0.1, 0.15) is 18.4 Å². The number of guanidine groups is 1. The van der Waals surface area contributed by atoms with E-state index in [1.165, 1.54) is 5.56 Å². The van der Waals surface area contributed by atoms with Crippen LogP contribution in [0.15, 0.2) is 59.6 Å². The molecule has 2 aromatic rings. The summed E-state index contributed by atoms with van der Waals surface area (Å²) in [5.74, 6) is 1.25. The number of piperazine rings is 1. The molecule has 6 heteroatoms. The Morgan fingerprint density at radius 2 is 1.76 bits per heavy atom. The zero-order valence-electron chi connectivity index (χ0n) is 17.4. The number of methoxy groups -OCH3 is 1. The lowest BCUT2D eigenvalue weighted by Crippen LogP contribution is -2.46. The molecule has 0 saturated carbocycles. The lowest BCUT2D eigenvalue weighted by atomic mass is 10.2. The Labute approximate surface area is 174 Å². The molecular formula is C23H33N5O. The summed E-state index contributed by atoms with van der Waals surface area (Å²) in [5.41, 5.74) is 8.27. The summed E-state index contributed by atoms with van der Waals surface area (Å²) >= 11 is 0. The lowest BCUT2D eigenvalue weighted by molar-refractivity contribution is 0.126. The fraction of sp³-hybridized carbons (Fsp3) is 0.435. The highest BCUT2D eigenvalue weighted by Gasteiger charge is 2.16. The molecule has 0 spiro atoms. The summed E-state index contributed by atoms with van der Waals surface area (Å²) in [6, 6.07) is 18.4. The van der Waals surface area contributed by atoms with Gasteiger partial charge in [-0.15, -0.1) is 0 Å². The number of nitrogens with zero attached hydrogens (tertiary/aromatic N) is 3.